The summed E-state index contributed by atoms with van der Waals surface area (Å²) in [6, 6.07) is 11.1. The molecule has 0 spiro atoms. The molecule has 0 aliphatic carbocycles. The van der Waals surface area contributed by atoms with Crippen molar-refractivity contribution in [2.24, 2.45) is 5.10 Å². The fourth-order valence-electron chi connectivity index (χ4n) is 1.84. The molecule has 25 heavy (non-hydrogen) atoms. The maximum atomic E-state index is 11.7. The van der Waals surface area contributed by atoms with Gasteiger partial charge in [0.25, 0.3) is 11.6 Å². The SMILES string of the molecule is COc1ccccc1OCC(=O)N/N=C\c1ccc(Cl)c([N+](=O)[O-])c1. The van der Waals surface area contributed by atoms with Crippen molar-refractivity contribution in [3.8, 4) is 11.5 Å². The van der Waals surface area contributed by atoms with Gasteiger partial charge in [-0.1, -0.05) is 29.8 Å². The molecule has 0 aromatic heterocycles. The molecule has 0 saturated carbocycles. The highest BCUT2D eigenvalue weighted by atomic mass is 35.5. The molecule has 0 saturated heterocycles. The number of ether oxygens (including phenoxy) is 2. The summed E-state index contributed by atoms with van der Waals surface area (Å²) in [5.74, 6) is 0.440. The van der Waals surface area contributed by atoms with Gasteiger partial charge in [0.1, 0.15) is 5.02 Å². The van der Waals surface area contributed by atoms with Crippen LogP contribution in [0.15, 0.2) is 47.6 Å². The summed E-state index contributed by atoms with van der Waals surface area (Å²) in [6.07, 6.45) is 1.27. The second-order valence-electron chi connectivity index (χ2n) is 4.70. The Bertz CT molecular complexity index is 810. The third kappa shape index (κ3) is 5.18. The Kier molecular flexibility index (Phi) is 6.30. The van der Waals surface area contributed by atoms with Gasteiger partial charge in [-0.2, -0.15) is 5.10 Å². The summed E-state index contributed by atoms with van der Waals surface area (Å²) in [7, 11) is 1.50. The minimum atomic E-state index is -0.598. The molecule has 1 amide bonds. The van der Waals surface area contributed by atoms with Crippen LogP contribution in [0.5, 0.6) is 11.5 Å². The smallest absolute Gasteiger partial charge is 0.288 e. The van der Waals surface area contributed by atoms with Gasteiger partial charge in [-0.25, -0.2) is 5.43 Å². The van der Waals surface area contributed by atoms with Gasteiger partial charge in [-0.05, 0) is 18.2 Å². The quantitative estimate of drug-likeness (QED) is 0.463. The van der Waals surface area contributed by atoms with E-state index < -0.39 is 10.8 Å². The number of para-hydroxylation sites is 2. The number of halogens is 1. The first kappa shape index (κ1) is 18.2. The zero-order valence-electron chi connectivity index (χ0n) is 13.1. The Hall–Kier alpha value is -3.13. The molecule has 0 fully saturated rings. The first-order chi connectivity index (χ1) is 12.0. The largest absolute Gasteiger partial charge is 0.493 e. The lowest BCUT2D eigenvalue weighted by atomic mass is 10.2. The van der Waals surface area contributed by atoms with Crippen LogP contribution in [0.4, 0.5) is 5.69 Å². The Morgan fingerprint density at radius 2 is 2.04 bits per heavy atom. The van der Waals surface area contributed by atoms with Crippen LogP contribution in [0.2, 0.25) is 5.02 Å². The predicted octanol–water partition coefficient (Wildman–Crippen LogP) is 2.79. The Morgan fingerprint density at radius 3 is 2.72 bits per heavy atom. The van der Waals surface area contributed by atoms with Gasteiger partial charge in [-0.15, -0.1) is 0 Å². The molecule has 2 rings (SSSR count). The van der Waals surface area contributed by atoms with Crippen molar-refractivity contribution < 1.29 is 19.2 Å². The molecule has 0 heterocycles. The maximum absolute atomic E-state index is 11.7. The van der Waals surface area contributed by atoms with E-state index >= 15 is 0 Å². The maximum Gasteiger partial charge on any atom is 0.288 e. The molecule has 0 aliphatic rings. The number of carbonyl (C=O) groups excluding carboxylic acids is 1. The van der Waals surface area contributed by atoms with Crippen molar-refractivity contribution in [3.05, 3.63) is 63.2 Å². The monoisotopic (exact) mass is 363 g/mol. The van der Waals surface area contributed by atoms with E-state index in [1.54, 1.807) is 24.3 Å². The van der Waals surface area contributed by atoms with Crippen LogP contribution in [0, 0.1) is 10.1 Å². The van der Waals surface area contributed by atoms with Crippen molar-refractivity contribution >= 4 is 29.4 Å². The summed E-state index contributed by atoms with van der Waals surface area (Å²) >= 11 is 5.72. The molecule has 0 bridgehead atoms. The lowest BCUT2D eigenvalue weighted by molar-refractivity contribution is -0.384. The molecular formula is C16H14ClN3O5. The minimum Gasteiger partial charge on any atom is -0.493 e. The van der Waals surface area contributed by atoms with Crippen molar-refractivity contribution in [3.63, 3.8) is 0 Å². The number of nitro groups is 1. The van der Waals surface area contributed by atoms with E-state index in [1.165, 1.54) is 31.5 Å². The van der Waals surface area contributed by atoms with E-state index in [1.807, 2.05) is 0 Å². The molecule has 1 N–H and O–H groups in total. The molecule has 2 aromatic rings. The van der Waals surface area contributed by atoms with Gasteiger partial charge in [0.15, 0.2) is 18.1 Å². The lowest BCUT2D eigenvalue weighted by Gasteiger charge is -2.09. The fourth-order valence-corrected chi connectivity index (χ4v) is 2.03. The molecular weight excluding hydrogens is 350 g/mol. The highest BCUT2D eigenvalue weighted by Crippen LogP contribution is 2.25. The van der Waals surface area contributed by atoms with Gasteiger partial charge in [0.05, 0.1) is 18.2 Å². The zero-order valence-corrected chi connectivity index (χ0v) is 13.9. The number of hydrazone groups is 1. The molecule has 0 atom stereocenters. The average molecular weight is 364 g/mol. The summed E-state index contributed by atoms with van der Waals surface area (Å²) in [5, 5.41) is 14.6. The number of methoxy groups -OCH3 is 1. The first-order valence-corrected chi connectivity index (χ1v) is 7.40. The van der Waals surface area contributed by atoms with E-state index in [0.29, 0.717) is 17.1 Å². The van der Waals surface area contributed by atoms with E-state index in [4.69, 9.17) is 21.1 Å². The fraction of sp³-hybridized carbons (Fsp3) is 0.125. The van der Waals surface area contributed by atoms with Crippen LogP contribution in [0.1, 0.15) is 5.56 Å². The molecule has 9 heteroatoms. The highest BCUT2D eigenvalue weighted by Gasteiger charge is 2.12. The number of carbonyl (C=O) groups is 1. The van der Waals surface area contributed by atoms with E-state index in [2.05, 4.69) is 10.5 Å². The third-order valence-corrected chi connectivity index (χ3v) is 3.32. The number of benzene rings is 2. The number of nitrogens with one attached hydrogen (secondary N) is 1. The lowest BCUT2D eigenvalue weighted by Crippen LogP contribution is -2.24. The van der Waals surface area contributed by atoms with Crippen molar-refractivity contribution in [2.45, 2.75) is 0 Å². The van der Waals surface area contributed by atoms with Gasteiger partial charge >= 0.3 is 0 Å². The van der Waals surface area contributed by atoms with Gasteiger partial charge in [0, 0.05) is 11.6 Å². The number of hydrogen-bond donors (Lipinski definition) is 1. The standard InChI is InChI=1S/C16H14ClN3O5/c1-24-14-4-2-3-5-15(14)25-10-16(21)19-18-9-11-6-7-12(17)13(8-11)20(22)23/h2-9H,10H2,1H3,(H,19,21)/b18-9-. The van der Waals surface area contributed by atoms with E-state index in [-0.39, 0.29) is 17.3 Å². The van der Waals surface area contributed by atoms with Crippen LogP contribution in [0.25, 0.3) is 0 Å². The molecule has 0 aliphatic heterocycles. The van der Waals surface area contributed by atoms with Crippen LogP contribution in [0.3, 0.4) is 0 Å². The van der Waals surface area contributed by atoms with Crippen LogP contribution >= 0.6 is 11.6 Å². The first-order valence-electron chi connectivity index (χ1n) is 7.03. The molecule has 8 nitrogen and oxygen atoms in total. The Labute approximate surface area is 148 Å². The second kappa shape index (κ2) is 8.65. The molecule has 2 aromatic carbocycles. The molecule has 130 valence electrons. The summed E-state index contributed by atoms with van der Waals surface area (Å²) < 4.78 is 10.4. The van der Waals surface area contributed by atoms with Crippen LogP contribution in [-0.2, 0) is 4.79 Å². The minimum absolute atomic E-state index is 0.0244. The van der Waals surface area contributed by atoms with E-state index in [9.17, 15) is 14.9 Å². The normalized spacial score (nSPS) is 10.5. The van der Waals surface area contributed by atoms with Gasteiger partial charge < -0.3 is 9.47 Å². The number of hydrogen-bond acceptors (Lipinski definition) is 6. The van der Waals surface area contributed by atoms with Gasteiger partial charge in [0.2, 0.25) is 0 Å². The predicted molar refractivity (Wildman–Crippen MR) is 92.3 cm³/mol. The Morgan fingerprint density at radius 1 is 1.32 bits per heavy atom. The van der Waals surface area contributed by atoms with Crippen molar-refractivity contribution in [1.29, 1.82) is 0 Å². The van der Waals surface area contributed by atoms with Crippen molar-refractivity contribution in [2.75, 3.05) is 13.7 Å². The van der Waals surface area contributed by atoms with Crippen LogP contribution in [-0.4, -0.2) is 30.8 Å². The summed E-state index contributed by atoms with van der Waals surface area (Å²) in [5.41, 5.74) is 2.44. The number of amides is 1. The Balaban J connectivity index is 1.90. The summed E-state index contributed by atoms with van der Waals surface area (Å²) in [4.78, 5) is 21.9. The van der Waals surface area contributed by atoms with Crippen molar-refractivity contribution in [1.82, 2.24) is 5.43 Å². The second-order valence-corrected chi connectivity index (χ2v) is 5.11. The molecule has 0 unspecified atom stereocenters. The average Bonchev–Trinajstić information content (AvgIpc) is 2.61. The zero-order chi connectivity index (χ0) is 18.2. The molecule has 0 radical (unpaired) electrons. The van der Waals surface area contributed by atoms with E-state index in [0.717, 1.165) is 0 Å². The topological polar surface area (TPSA) is 103 Å². The number of nitro benzene ring substituents is 1. The summed E-state index contributed by atoms with van der Waals surface area (Å²) in [6.45, 7) is -0.265. The number of rotatable bonds is 7. The number of nitrogens with zero attached hydrogens (tertiary/aromatic N) is 2. The van der Waals surface area contributed by atoms with Crippen LogP contribution < -0.4 is 14.9 Å². The van der Waals surface area contributed by atoms with Gasteiger partial charge in [-0.3, -0.25) is 14.9 Å². The highest BCUT2D eigenvalue weighted by molar-refractivity contribution is 6.32. The third-order valence-electron chi connectivity index (χ3n) is 3.00.